The van der Waals surface area contributed by atoms with Gasteiger partial charge in [0.2, 0.25) is 0 Å². The Kier molecular flexibility index (Phi) is 6.92. The minimum Gasteiger partial charge on any atom is -0.492 e. The summed E-state index contributed by atoms with van der Waals surface area (Å²) < 4.78 is 5.99. The highest BCUT2D eigenvalue weighted by atomic mass is 16.5. The fourth-order valence-electron chi connectivity index (χ4n) is 3.55. The monoisotopic (exact) mass is 353 g/mol. The Bertz CT molecular complexity index is 666. The van der Waals surface area contributed by atoms with Crippen LogP contribution >= 0.6 is 0 Å². The molecule has 1 aliphatic heterocycles. The molecule has 0 aromatic heterocycles. The average molecular weight is 354 g/mol. The van der Waals surface area contributed by atoms with Gasteiger partial charge in [0.25, 0.3) is 0 Å². The minimum atomic E-state index is 0.685. The van der Waals surface area contributed by atoms with Crippen LogP contribution in [0.25, 0.3) is 11.1 Å². The summed E-state index contributed by atoms with van der Waals surface area (Å²) in [6.45, 7) is 9.01. The lowest BCUT2D eigenvalue weighted by Gasteiger charge is -2.36. The van der Waals surface area contributed by atoms with E-state index in [1.807, 2.05) is 13.0 Å². The molecule has 0 spiro atoms. The van der Waals surface area contributed by atoms with Crippen molar-refractivity contribution in [3.63, 3.8) is 0 Å². The Morgan fingerprint density at radius 1 is 0.923 bits per heavy atom. The van der Waals surface area contributed by atoms with Crippen LogP contribution in [0.15, 0.2) is 48.5 Å². The third-order valence-corrected chi connectivity index (χ3v) is 5.01. The molecule has 140 valence electrons. The van der Waals surface area contributed by atoms with Crippen molar-refractivity contribution in [1.29, 1.82) is 0 Å². The van der Waals surface area contributed by atoms with E-state index in [2.05, 4.69) is 52.3 Å². The number of ether oxygens (including phenoxy) is 1. The van der Waals surface area contributed by atoms with Gasteiger partial charge in [-0.1, -0.05) is 36.4 Å². The number of unbranched alkanes of at least 4 members (excludes halogenated alkanes) is 1. The molecule has 26 heavy (non-hydrogen) atoms. The van der Waals surface area contributed by atoms with Gasteiger partial charge in [-0.2, -0.15) is 0 Å². The molecule has 0 atom stereocenters. The first-order valence-corrected chi connectivity index (χ1v) is 9.81. The third kappa shape index (κ3) is 4.77. The summed E-state index contributed by atoms with van der Waals surface area (Å²) in [6, 6.07) is 17.1. The molecule has 1 heterocycles. The third-order valence-electron chi connectivity index (χ3n) is 5.01. The quantitative estimate of drug-likeness (QED) is 0.736. The van der Waals surface area contributed by atoms with Crippen LogP contribution in [0.5, 0.6) is 5.75 Å². The first kappa shape index (κ1) is 18.7. The minimum absolute atomic E-state index is 0.685. The summed E-state index contributed by atoms with van der Waals surface area (Å²) in [7, 11) is 0. The second kappa shape index (κ2) is 9.60. The van der Waals surface area contributed by atoms with Gasteiger partial charge in [-0.3, -0.25) is 4.90 Å². The van der Waals surface area contributed by atoms with Crippen molar-refractivity contribution in [3.8, 4) is 16.9 Å². The van der Waals surface area contributed by atoms with E-state index < -0.39 is 0 Å². The van der Waals surface area contributed by atoms with Crippen molar-refractivity contribution in [3.05, 3.63) is 48.5 Å². The first-order valence-electron chi connectivity index (χ1n) is 9.81. The number of hydrogen-bond acceptors (Lipinski definition) is 4. The number of rotatable bonds is 8. The van der Waals surface area contributed by atoms with E-state index in [0.717, 1.165) is 51.4 Å². The smallest absolute Gasteiger partial charge is 0.143 e. The lowest BCUT2D eigenvalue weighted by molar-refractivity contribution is 0.252. The van der Waals surface area contributed by atoms with Gasteiger partial charge in [-0.25, -0.2) is 0 Å². The van der Waals surface area contributed by atoms with E-state index in [0.29, 0.717) is 6.61 Å². The Balaban J connectivity index is 1.70. The van der Waals surface area contributed by atoms with Crippen molar-refractivity contribution in [2.45, 2.75) is 19.8 Å². The largest absolute Gasteiger partial charge is 0.492 e. The highest BCUT2D eigenvalue weighted by Gasteiger charge is 2.20. The van der Waals surface area contributed by atoms with E-state index in [9.17, 15) is 0 Å². The predicted molar refractivity (Wildman–Crippen MR) is 110 cm³/mol. The van der Waals surface area contributed by atoms with Crippen LogP contribution in [-0.4, -0.2) is 50.8 Å². The molecule has 0 amide bonds. The standard InChI is InChI=1S/C22H31N3O/c1-2-26-22-18-20(19-8-4-3-5-9-19)10-11-21(22)25-16-14-24(15-17-25)13-7-6-12-23/h3-5,8-11,18H,2,6-7,12-17,23H2,1H3. The van der Waals surface area contributed by atoms with E-state index in [1.54, 1.807) is 0 Å². The van der Waals surface area contributed by atoms with Gasteiger partial charge in [-0.05, 0) is 56.1 Å². The second-order valence-corrected chi connectivity index (χ2v) is 6.81. The van der Waals surface area contributed by atoms with Crippen molar-refractivity contribution < 1.29 is 4.74 Å². The summed E-state index contributed by atoms with van der Waals surface area (Å²) in [5.41, 5.74) is 9.25. The summed E-state index contributed by atoms with van der Waals surface area (Å²) in [4.78, 5) is 5.00. The zero-order valence-electron chi connectivity index (χ0n) is 15.9. The van der Waals surface area contributed by atoms with E-state index in [4.69, 9.17) is 10.5 Å². The number of nitrogens with zero attached hydrogens (tertiary/aromatic N) is 2. The highest BCUT2D eigenvalue weighted by Crippen LogP contribution is 2.34. The van der Waals surface area contributed by atoms with Crippen LogP contribution in [0.4, 0.5) is 5.69 Å². The first-order chi connectivity index (χ1) is 12.8. The van der Waals surface area contributed by atoms with Crippen molar-refractivity contribution in [2.75, 3.05) is 50.8 Å². The van der Waals surface area contributed by atoms with Crippen LogP contribution in [0.2, 0.25) is 0 Å². The van der Waals surface area contributed by atoms with Crippen molar-refractivity contribution >= 4 is 5.69 Å². The summed E-state index contributed by atoms with van der Waals surface area (Å²) in [6.07, 6.45) is 2.32. The lowest BCUT2D eigenvalue weighted by atomic mass is 10.0. The normalized spacial score (nSPS) is 15.2. The molecule has 4 nitrogen and oxygen atoms in total. The number of benzene rings is 2. The van der Waals surface area contributed by atoms with E-state index in [1.165, 1.54) is 23.2 Å². The molecule has 1 aliphatic rings. The van der Waals surface area contributed by atoms with Crippen LogP contribution in [0, 0.1) is 0 Å². The van der Waals surface area contributed by atoms with Crippen molar-refractivity contribution in [2.24, 2.45) is 5.73 Å². The van der Waals surface area contributed by atoms with Gasteiger partial charge in [0.15, 0.2) is 0 Å². The van der Waals surface area contributed by atoms with Gasteiger partial charge < -0.3 is 15.4 Å². The van der Waals surface area contributed by atoms with Gasteiger partial charge in [-0.15, -0.1) is 0 Å². The summed E-state index contributed by atoms with van der Waals surface area (Å²) in [5, 5.41) is 0. The van der Waals surface area contributed by atoms with Crippen LogP contribution in [-0.2, 0) is 0 Å². The van der Waals surface area contributed by atoms with Gasteiger partial charge >= 0.3 is 0 Å². The van der Waals surface area contributed by atoms with Crippen LogP contribution < -0.4 is 15.4 Å². The molecular weight excluding hydrogens is 322 g/mol. The van der Waals surface area contributed by atoms with Gasteiger partial charge in [0, 0.05) is 26.2 Å². The summed E-state index contributed by atoms with van der Waals surface area (Å²) in [5.74, 6) is 0.991. The molecule has 0 bridgehead atoms. The summed E-state index contributed by atoms with van der Waals surface area (Å²) >= 11 is 0. The number of piperazine rings is 1. The zero-order chi connectivity index (χ0) is 18.2. The maximum Gasteiger partial charge on any atom is 0.143 e. The Morgan fingerprint density at radius 2 is 1.69 bits per heavy atom. The van der Waals surface area contributed by atoms with Gasteiger partial charge in [0.1, 0.15) is 5.75 Å². The molecule has 2 aromatic rings. The molecule has 0 radical (unpaired) electrons. The fourth-order valence-corrected chi connectivity index (χ4v) is 3.55. The van der Waals surface area contributed by atoms with E-state index in [-0.39, 0.29) is 0 Å². The highest BCUT2D eigenvalue weighted by molar-refractivity contribution is 5.71. The van der Waals surface area contributed by atoms with Crippen LogP contribution in [0.1, 0.15) is 19.8 Å². The lowest BCUT2D eigenvalue weighted by Crippen LogP contribution is -2.46. The molecule has 2 aromatic carbocycles. The Morgan fingerprint density at radius 3 is 2.38 bits per heavy atom. The van der Waals surface area contributed by atoms with Crippen molar-refractivity contribution in [1.82, 2.24) is 4.90 Å². The molecule has 0 saturated carbocycles. The van der Waals surface area contributed by atoms with Gasteiger partial charge in [0.05, 0.1) is 12.3 Å². The molecule has 1 saturated heterocycles. The molecule has 1 fully saturated rings. The van der Waals surface area contributed by atoms with E-state index >= 15 is 0 Å². The SMILES string of the molecule is CCOc1cc(-c2ccccc2)ccc1N1CCN(CCCCN)CC1. The number of nitrogens with two attached hydrogens (primary N) is 1. The molecule has 3 rings (SSSR count). The predicted octanol–water partition coefficient (Wildman–Crippen LogP) is 3.61. The molecule has 0 aliphatic carbocycles. The maximum absolute atomic E-state index is 5.99. The maximum atomic E-state index is 5.99. The average Bonchev–Trinajstić information content (AvgIpc) is 2.70. The Hall–Kier alpha value is -2.04. The zero-order valence-corrected chi connectivity index (χ0v) is 15.9. The van der Waals surface area contributed by atoms with Crippen LogP contribution in [0.3, 0.4) is 0 Å². The molecule has 2 N–H and O–H groups in total. The number of hydrogen-bond donors (Lipinski definition) is 1. The topological polar surface area (TPSA) is 41.7 Å². The number of anilines is 1. The second-order valence-electron chi connectivity index (χ2n) is 6.81. The Labute approximate surface area is 157 Å². The molecule has 4 heteroatoms. The molecular formula is C22H31N3O. The molecule has 0 unspecified atom stereocenters. The fraction of sp³-hybridized carbons (Fsp3) is 0.455.